The highest BCUT2D eigenvalue weighted by Gasteiger charge is 2.00. The van der Waals surface area contributed by atoms with Gasteiger partial charge in [-0.2, -0.15) is 0 Å². The molecule has 152 valence electrons. The van der Waals surface area contributed by atoms with Crippen molar-refractivity contribution >= 4 is 7.82 Å². The first kappa shape index (κ1) is 78.6. The minimum absolute atomic E-state index is 3.00. The molecule has 0 aliphatic rings. The molecular weight excluding hydrogens is 335 g/mol. The van der Waals surface area contributed by atoms with Crippen molar-refractivity contribution < 1.29 is 19.2 Å². The van der Waals surface area contributed by atoms with Gasteiger partial charge in [-0.1, -0.05) is 0 Å². The topological polar surface area (TPSA) is 77.8 Å². The van der Waals surface area contributed by atoms with E-state index in [1.54, 1.807) is 0 Å². The van der Waals surface area contributed by atoms with E-state index in [-0.39, 0.29) is 0 Å². The molecule has 0 aromatic heterocycles. The van der Waals surface area contributed by atoms with Gasteiger partial charge in [-0.25, -0.2) is 4.57 Å². The Bertz CT molecular complexity index is 141. The molecule has 0 amide bonds. The Kier molecular flexibility index (Phi) is 2310. The lowest BCUT2D eigenvalue weighted by atomic mass is 11.3. The fraction of sp³-hybridized carbons (Fsp3) is 0. The first-order chi connectivity index (χ1) is 12.0. The minimum Gasteiger partial charge on any atom is -0.303 e. The largest absolute Gasteiger partial charge is 0.466 e. The van der Waals surface area contributed by atoms with Gasteiger partial charge in [0, 0.05) is 0 Å². The van der Waals surface area contributed by atoms with Gasteiger partial charge in [0.05, 0.1) is 0 Å². The average Bonchev–Trinajstić information content (AvgIpc) is 2.75. The number of hydrogen-bond donors (Lipinski definition) is 3. The summed E-state index contributed by atoms with van der Waals surface area (Å²) in [5.41, 5.74) is 0. The third-order valence-electron chi connectivity index (χ3n) is 0. The summed E-state index contributed by atoms with van der Waals surface area (Å²) >= 11 is 0. The SMILES string of the molecule is C=C.C=C.C=C.C=C.C=C.C=C.C=C.C=C.C=C.C=C.O=P(O)(O)O. The molecule has 0 saturated carbocycles. The fourth-order valence-electron chi connectivity index (χ4n) is 0. The van der Waals surface area contributed by atoms with E-state index in [9.17, 15) is 0 Å². The van der Waals surface area contributed by atoms with Crippen LogP contribution in [-0.4, -0.2) is 14.7 Å². The van der Waals surface area contributed by atoms with Crippen LogP contribution in [0, 0.1) is 0 Å². The van der Waals surface area contributed by atoms with Crippen molar-refractivity contribution in [2.45, 2.75) is 0 Å². The van der Waals surface area contributed by atoms with Crippen molar-refractivity contribution in [1.29, 1.82) is 0 Å². The van der Waals surface area contributed by atoms with E-state index in [2.05, 4.69) is 132 Å². The minimum atomic E-state index is -4.64. The third-order valence-corrected chi connectivity index (χ3v) is 0. The Morgan fingerprint density at radius 1 is 0.320 bits per heavy atom. The van der Waals surface area contributed by atoms with Crippen LogP contribution in [0.4, 0.5) is 0 Å². The van der Waals surface area contributed by atoms with E-state index in [4.69, 9.17) is 19.2 Å². The van der Waals surface area contributed by atoms with Gasteiger partial charge in [0.15, 0.2) is 0 Å². The standard InChI is InChI=1S/10C2H4.H3O4P/c10*1-2;1-5(2,3)4/h10*1-2H2;(H3,1,2,3,4). The van der Waals surface area contributed by atoms with Crippen LogP contribution in [0.2, 0.25) is 0 Å². The summed E-state index contributed by atoms with van der Waals surface area (Å²) in [6.07, 6.45) is 0. The zero-order chi connectivity index (χ0) is 24.5. The lowest BCUT2D eigenvalue weighted by molar-refractivity contribution is 0.275. The molecule has 0 aliphatic carbocycles. The summed E-state index contributed by atoms with van der Waals surface area (Å²) in [4.78, 5) is 21.6. The van der Waals surface area contributed by atoms with Gasteiger partial charge in [0.2, 0.25) is 0 Å². The van der Waals surface area contributed by atoms with Crippen molar-refractivity contribution in [2.75, 3.05) is 0 Å². The summed E-state index contributed by atoms with van der Waals surface area (Å²) < 4.78 is 8.88. The molecule has 0 spiro atoms. The molecule has 3 N–H and O–H groups in total. The first-order valence-corrected chi connectivity index (χ1v) is 7.35. The van der Waals surface area contributed by atoms with Crippen LogP contribution in [0.5, 0.6) is 0 Å². The molecule has 5 heteroatoms. The predicted molar refractivity (Wildman–Crippen MR) is 127 cm³/mol. The van der Waals surface area contributed by atoms with Gasteiger partial charge in [-0.05, 0) is 0 Å². The van der Waals surface area contributed by atoms with Crippen molar-refractivity contribution in [1.82, 2.24) is 0 Å². The van der Waals surface area contributed by atoms with Gasteiger partial charge in [0.25, 0.3) is 0 Å². The molecule has 0 atom stereocenters. The molecule has 0 radical (unpaired) electrons. The smallest absolute Gasteiger partial charge is 0.303 e. The molecule has 0 aromatic rings. The van der Waals surface area contributed by atoms with E-state index >= 15 is 0 Å². The number of rotatable bonds is 0. The monoisotopic (exact) mass is 378 g/mol. The van der Waals surface area contributed by atoms with Gasteiger partial charge < -0.3 is 14.7 Å². The molecule has 0 rings (SSSR count). The maximum atomic E-state index is 8.88. The molecule has 0 aliphatic heterocycles. The Morgan fingerprint density at radius 3 is 0.320 bits per heavy atom. The number of phosphoric acid groups is 1. The highest BCUT2D eigenvalue weighted by molar-refractivity contribution is 7.45. The number of hydrogen-bond acceptors (Lipinski definition) is 1. The summed E-state index contributed by atoms with van der Waals surface area (Å²) in [5, 5.41) is 0. The van der Waals surface area contributed by atoms with Crippen LogP contribution in [0.3, 0.4) is 0 Å². The Hall–Kier alpha value is -2.49. The highest BCUT2D eigenvalue weighted by atomic mass is 31.2. The second-order valence-electron chi connectivity index (χ2n) is 0.513. The van der Waals surface area contributed by atoms with Crippen LogP contribution in [0.15, 0.2) is 132 Å². The zero-order valence-electron chi connectivity index (χ0n) is 16.3. The lowest BCUT2D eigenvalue weighted by Crippen LogP contribution is -1.66. The van der Waals surface area contributed by atoms with Gasteiger partial charge >= 0.3 is 7.82 Å². The Labute approximate surface area is 159 Å². The van der Waals surface area contributed by atoms with Crippen molar-refractivity contribution in [2.24, 2.45) is 0 Å². The quantitative estimate of drug-likeness (QED) is 0.310. The van der Waals surface area contributed by atoms with Crippen LogP contribution in [0.1, 0.15) is 0 Å². The van der Waals surface area contributed by atoms with Crippen molar-refractivity contribution in [3.63, 3.8) is 0 Å². The molecule has 4 nitrogen and oxygen atoms in total. The Morgan fingerprint density at radius 2 is 0.320 bits per heavy atom. The van der Waals surface area contributed by atoms with Crippen LogP contribution >= 0.6 is 7.82 Å². The summed E-state index contributed by atoms with van der Waals surface area (Å²) in [6.45, 7) is 60.0. The van der Waals surface area contributed by atoms with Crippen LogP contribution in [-0.2, 0) is 4.57 Å². The highest BCUT2D eigenvalue weighted by Crippen LogP contribution is 2.25. The van der Waals surface area contributed by atoms with Crippen LogP contribution < -0.4 is 0 Å². The van der Waals surface area contributed by atoms with E-state index in [1.807, 2.05) is 0 Å². The summed E-state index contributed by atoms with van der Waals surface area (Å²) in [5.74, 6) is 0. The first-order valence-electron chi connectivity index (χ1n) is 5.78. The van der Waals surface area contributed by atoms with E-state index in [0.29, 0.717) is 0 Å². The Balaban J connectivity index is -0.00000000987. The lowest BCUT2D eigenvalue weighted by Gasteiger charge is -1.82. The van der Waals surface area contributed by atoms with Crippen molar-refractivity contribution in [3.05, 3.63) is 132 Å². The second-order valence-corrected chi connectivity index (χ2v) is 1.54. The summed E-state index contributed by atoms with van der Waals surface area (Å²) in [6, 6.07) is 0. The zero-order valence-corrected chi connectivity index (χ0v) is 17.2. The van der Waals surface area contributed by atoms with E-state index in [1.165, 1.54) is 0 Å². The predicted octanol–water partition coefficient (Wildman–Crippen LogP) is 7.09. The van der Waals surface area contributed by atoms with Gasteiger partial charge in [0.1, 0.15) is 0 Å². The normalized spacial score (nSPS) is 3.96. The molecule has 0 saturated heterocycles. The fourth-order valence-corrected chi connectivity index (χ4v) is 0. The third kappa shape index (κ3) is 1320. The van der Waals surface area contributed by atoms with E-state index in [0.717, 1.165) is 0 Å². The van der Waals surface area contributed by atoms with Gasteiger partial charge in [-0.15, -0.1) is 132 Å². The molecule has 25 heavy (non-hydrogen) atoms. The molecule has 0 heterocycles. The van der Waals surface area contributed by atoms with Crippen LogP contribution in [0.25, 0.3) is 0 Å². The molecule has 0 fully saturated rings. The molecule has 0 unspecified atom stereocenters. The second kappa shape index (κ2) is 734. The molecule has 0 aromatic carbocycles. The molecular formula is C20H43O4P. The summed E-state index contributed by atoms with van der Waals surface area (Å²) in [7, 11) is -4.64. The maximum Gasteiger partial charge on any atom is 0.466 e. The average molecular weight is 379 g/mol. The van der Waals surface area contributed by atoms with Crippen molar-refractivity contribution in [3.8, 4) is 0 Å². The molecule has 0 bridgehead atoms. The van der Waals surface area contributed by atoms with E-state index < -0.39 is 7.82 Å². The maximum absolute atomic E-state index is 8.88. The van der Waals surface area contributed by atoms with Gasteiger partial charge in [-0.3, -0.25) is 0 Å².